The first-order valence-corrected chi connectivity index (χ1v) is 5.81. The van der Waals surface area contributed by atoms with E-state index >= 15 is 0 Å². The molecule has 98 valence electrons. The van der Waals surface area contributed by atoms with Gasteiger partial charge < -0.3 is 9.47 Å². The minimum atomic E-state index is -0.697. The van der Waals surface area contributed by atoms with Gasteiger partial charge >= 0.3 is 5.69 Å². The highest BCUT2D eigenvalue weighted by atomic mass is 16.6. The smallest absolute Gasteiger partial charge is 0.330 e. The summed E-state index contributed by atoms with van der Waals surface area (Å²) in [5.41, 5.74) is -2.02. The fraction of sp³-hybridized carbons (Fsp3) is 0.667. The molecule has 2 aliphatic rings. The molecule has 18 heavy (non-hydrogen) atoms. The summed E-state index contributed by atoms with van der Waals surface area (Å²) in [5.74, 6) is 0. The van der Waals surface area contributed by atoms with E-state index in [1.807, 2.05) is 13.8 Å². The molecule has 1 aromatic rings. The predicted molar refractivity (Wildman–Crippen MR) is 63.4 cm³/mol. The van der Waals surface area contributed by atoms with E-state index in [0.717, 1.165) is 0 Å². The minimum absolute atomic E-state index is 0.0745. The molecule has 2 saturated heterocycles. The number of aromatic amines is 1. The van der Waals surface area contributed by atoms with Crippen molar-refractivity contribution in [2.75, 3.05) is 6.61 Å². The summed E-state index contributed by atoms with van der Waals surface area (Å²) in [6.45, 7) is 4.40. The Bertz CT molecular complexity index is 623. The Balaban J connectivity index is 2.06. The Morgan fingerprint density at radius 2 is 2.33 bits per heavy atom. The van der Waals surface area contributed by atoms with Crippen molar-refractivity contribution in [2.24, 2.45) is 5.41 Å². The molecular weight excluding hydrogens is 236 g/mol. The Labute approximate surface area is 105 Å². The molecule has 0 amide bonds. The quantitative estimate of drug-likeness (QED) is 0.778. The zero-order chi connectivity index (χ0) is 13.8. The standard InChI is InChI=1S/C12H16N2O4/c1-11(2)8-9(18-12(11,3)6-17-8)14-5-4-7(15)13-10(14)16/h4-5,8-9H,6H2,1-3H3,(H,13,15,16)/t8-,9-,12-/m1/s1/i3D. The molecule has 1 aromatic heterocycles. The normalized spacial score (nSPS) is 37.8. The van der Waals surface area contributed by atoms with E-state index in [4.69, 9.17) is 10.8 Å². The Morgan fingerprint density at radius 3 is 2.94 bits per heavy atom. The number of rotatable bonds is 1. The molecule has 3 heterocycles. The molecule has 0 aromatic carbocycles. The number of nitrogens with one attached hydrogen (secondary N) is 1. The molecule has 0 spiro atoms. The maximum absolute atomic E-state index is 11.8. The molecule has 2 bridgehead atoms. The number of aromatic nitrogens is 2. The molecule has 2 aliphatic heterocycles. The van der Waals surface area contributed by atoms with Crippen LogP contribution in [0.1, 0.15) is 28.3 Å². The van der Waals surface area contributed by atoms with E-state index in [9.17, 15) is 9.59 Å². The Morgan fingerprint density at radius 1 is 1.56 bits per heavy atom. The summed E-state index contributed by atoms with van der Waals surface area (Å²) < 4.78 is 20.7. The maximum atomic E-state index is 11.8. The molecule has 6 nitrogen and oxygen atoms in total. The number of hydrogen-bond acceptors (Lipinski definition) is 4. The van der Waals surface area contributed by atoms with Crippen LogP contribution in [-0.2, 0) is 9.47 Å². The van der Waals surface area contributed by atoms with Gasteiger partial charge in [0, 0.05) is 19.0 Å². The first kappa shape index (κ1) is 10.5. The molecule has 0 aliphatic carbocycles. The molecule has 3 atom stereocenters. The summed E-state index contributed by atoms with van der Waals surface area (Å²) in [6.07, 6.45) is 0.503. The average molecular weight is 253 g/mol. The van der Waals surface area contributed by atoms with E-state index in [-0.39, 0.29) is 18.4 Å². The lowest BCUT2D eigenvalue weighted by atomic mass is 9.76. The van der Waals surface area contributed by atoms with Gasteiger partial charge in [0.15, 0.2) is 6.23 Å². The van der Waals surface area contributed by atoms with E-state index in [2.05, 4.69) is 4.98 Å². The van der Waals surface area contributed by atoms with Crippen molar-refractivity contribution in [3.8, 4) is 0 Å². The van der Waals surface area contributed by atoms with Crippen molar-refractivity contribution in [1.82, 2.24) is 9.55 Å². The third-order valence-electron chi connectivity index (χ3n) is 4.11. The highest BCUT2D eigenvalue weighted by Crippen LogP contribution is 2.56. The van der Waals surface area contributed by atoms with E-state index in [1.54, 1.807) is 0 Å². The molecule has 2 fully saturated rings. The van der Waals surface area contributed by atoms with Crippen LogP contribution >= 0.6 is 0 Å². The van der Waals surface area contributed by atoms with Gasteiger partial charge in [0.05, 0.1) is 12.2 Å². The van der Waals surface area contributed by atoms with Crippen LogP contribution in [-0.4, -0.2) is 27.9 Å². The lowest BCUT2D eigenvalue weighted by Gasteiger charge is -2.30. The van der Waals surface area contributed by atoms with Crippen LogP contribution in [0.3, 0.4) is 0 Å². The molecule has 0 radical (unpaired) electrons. The van der Waals surface area contributed by atoms with E-state index < -0.39 is 23.1 Å². The van der Waals surface area contributed by atoms with Crippen molar-refractivity contribution in [3.05, 3.63) is 33.1 Å². The Kier molecular flexibility index (Phi) is 1.95. The molecular formula is C12H16N2O4. The van der Waals surface area contributed by atoms with E-state index in [1.165, 1.54) is 16.8 Å². The number of H-pyrrole nitrogens is 1. The van der Waals surface area contributed by atoms with Crippen molar-refractivity contribution in [2.45, 2.75) is 38.7 Å². The second-order valence-corrected chi connectivity index (χ2v) is 5.47. The van der Waals surface area contributed by atoms with Crippen LogP contribution < -0.4 is 11.2 Å². The number of ether oxygens (including phenoxy) is 2. The highest BCUT2D eigenvalue weighted by Gasteiger charge is 2.64. The SMILES string of the molecule is [2H]C[C@]12CO[C@H]([C@H](n3ccc(=O)[nH]c3=O)O1)C2(C)C. The van der Waals surface area contributed by atoms with Crippen LogP contribution in [0.4, 0.5) is 0 Å². The fourth-order valence-electron chi connectivity index (χ4n) is 2.63. The summed E-state index contributed by atoms with van der Waals surface area (Å²) in [5, 5.41) is 0. The first-order valence-electron chi connectivity index (χ1n) is 6.52. The topological polar surface area (TPSA) is 73.3 Å². The van der Waals surface area contributed by atoms with E-state index in [0.29, 0.717) is 6.61 Å². The van der Waals surface area contributed by atoms with Crippen LogP contribution in [0.5, 0.6) is 0 Å². The van der Waals surface area contributed by atoms with Gasteiger partial charge in [-0.25, -0.2) is 4.79 Å². The van der Waals surface area contributed by atoms with Gasteiger partial charge in [-0.15, -0.1) is 0 Å². The molecule has 0 unspecified atom stereocenters. The summed E-state index contributed by atoms with van der Waals surface area (Å²) in [6, 6.07) is 1.27. The third-order valence-corrected chi connectivity index (χ3v) is 4.11. The average Bonchev–Trinajstić information content (AvgIpc) is 2.73. The van der Waals surface area contributed by atoms with Gasteiger partial charge in [-0.2, -0.15) is 0 Å². The largest absolute Gasteiger partial charge is 0.370 e. The lowest BCUT2D eigenvalue weighted by Crippen LogP contribution is -2.39. The van der Waals surface area contributed by atoms with Gasteiger partial charge in [0.25, 0.3) is 5.56 Å². The van der Waals surface area contributed by atoms with Crippen molar-refractivity contribution in [3.63, 3.8) is 0 Å². The third kappa shape index (κ3) is 1.30. The van der Waals surface area contributed by atoms with Crippen LogP contribution in [0, 0.1) is 5.41 Å². The zero-order valence-corrected chi connectivity index (χ0v) is 10.3. The number of nitrogens with zero attached hydrogens (tertiary/aromatic N) is 1. The predicted octanol–water partition coefficient (Wildman–Crippen LogP) is 0.249. The number of fused-ring (bicyclic) bond motifs is 2. The molecule has 3 rings (SSSR count). The zero-order valence-electron chi connectivity index (χ0n) is 11.3. The molecule has 0 saturated carbocycles. The molecule has 1 N–H and O–H groups in total. The second kappa shape index (κ2) is 3.33. The summed E-state index contributed by atoms with van der Waals surface area (Å²) >= 11 is 0. The van der Waals surface area contributed by atoms with Crippen molar-refractivity contribution in [1.29, 1.82) is 0 Å². The Hall–Kier alpha value is -1.40. The van der Waals surface area contributed by atoms with Gasteiger partial charge in [0.1, 0.15) is 6.10 Å². The first-order chi connectivity index (χ1) is 8.91. The van der Waals surface area contributed by atoms with Gasteiger partial charge in [-0.05, 0) is 6.90 Å². The van der Waals surface area contributed by atoms with Gasteiger partial charge in [-0.3, -0.25) is 14.3 Å². The summed E-state index contributed by atoms with van der Waals surface area (Å²) in [7, 11) is 0. The van der Waals surface area contributed by atoms with Crippen LogP contribution in [0.25, 0.3) is 0 Å². The van der Waals surface area contributed by atoms with Crippen LogP contribution in [0.2, 0.25) is 0 Å². The minimum Gasteiger partial charge on any atom is -0.370 e. The van der Waals surface area contributed by atoms with Crippen molar-refractivity contribution < 1.29 is 10.8 Å². The second-order valence-electron chi connectivity index (χ2n) is 5.47. The monoisotopic (exact) mass is 253 g/mol. The van der Waals surface area contributed by atoms with Gasteiger partial charge in [-0.1, -0.05) is 13.8 Å². The number of hydrogen-bond donors (Lipinski definition) is 1. The van der Waals surface area contributed by atoms with Crippen molar-refractivity contribution >= 4 is 0 Å². The highest BCUT2D eigenvalue weighted by molar-refractivity contribution is 5.09. The van der Waals surface area contributed by atoms with Gasteiger partial charge in [0.2, 0.25) is 0 Å². The summed E-state index contributed by atoms with van der Waals surface area (Å²) in [4.78, 5) is 25.1. The van der Waals surface area contributed by atoms with Crippen LogP contribution in [0.15, 0.2) is 21.9 Å². The maximum Gasteiger partial charge on any atom is 0.330 e. The fourth-order valence-corrected chi connectivity index (χ4v) is 2.63. The lowest BCUT2D eigenvalue weighted by molar-refractivity contribution is -0.167. The molecule has 6 heteroatoms.